The molecule has 0 aliphatic carbocycles. The minimum atomic E-state index is 1.06. The Kier molecular flexibility index (Phi) is 11.4. The number of nitrogens with one attached hydrogen (secondary N) is 1. The first kappa shape index (κ1) is 32.2. The molecule has 1 N–H and O–H groups in total. The standard InChI is InChI=1S/4C9H7N.C8H7N/c3*1-2-6-9-8(4-1)5-3-7-10-9;1-2-4-9-7-10-6-5-8(9)3-1;1-2-4-8-7(3-1)5-6-9-8/h4*1-7H;1-6,9H. The van der Waals surface area contributed by atoms with Gasteiger partial charge < -0.3 is 4.98 Å². The summed E-state index contributed by atoms with van der Waals surface area (Å²) >= 11 is 0. The van der Waals surface area contributed by atoms with Crippen molar-refractivity contribution in [2.24, 2.45) is 0 Å². The van der Waals surface area contributed by atoms with Crippen LogP contribution in [0.2, 0.25) is 0 Å². The summed E-state index contributed by atoms with van der Waals surface area (Å²) in [6.07, 6.45) is 11.1. The average Bonchev–Trinajstić information content (AvgIpc) is 3.69. The van der Waals surface area contributed by atoms with Gasteiger partial charge in [0.25, 0.3) is 0 Å². The third-order valence-electron chi connectivity index (χ3n) is 7.55. The van der Waals surface area contributed by atoms with Crippen molar-refractivity contribution in [1.29, 1.82) is 0 Å². The van der Waals surface area contributed by atoms with E-state index in [2.05, 4.69) is 91.6 Å². The summed E-state index contributed by atoms with van der Waals surface area (Å²) < 4.78 is 0. The molecule has 5 heterocycles. The Hall–Kier alpha value is -6.72. The van der Waals surface area contributed by atoms with Crippen molar-refractivity contribution in [2.45, 2.75) is 0 Å². The van der Waals surface area contributed by atoms with Crippen molar-refractivity contribution in [2.75, 3.05) is 0 Å². The number of hydrogen-bond acceptors (Lipinski definition) is 4. The molecule has 0 fully saturated rings. The maximum absolute atomic E-state index is 4.18. The number of H-pyrrole nitrogens is 1. The lowest BCUT2D eigenvalue weighted by molar-refractivity contribution is 1.36. The fourth-order valence-electron chi connectivity index (χ4n) is 5.07. The summed E-state index contributed by atoms with van der Waals surface area (Å²) in [6.45, 7) is 0. The number of aromatic nitrogens is 5. The average molecular weight is 634 g/mol. The second-order valence-corrected chi connectivity index (χ2v) is 10.9. The zero-order valence-corrected chi connectivity index (χ0v) is 26.9. The predicted octanol–water partition coefficient (Wildman–Crippen LogP) is 11.1. The van der Waals surface area contributed by atoms with Gasteiger partial charge in [-0.25, -0.2) is 0 Å². The molecule has 0 aliphatic rings. The molecular formula is C44H35N5. The van der Waals surface area contributed by atoms with Crippen molar-refractivity contribution in [3.05, 3.63) is 207 Å². The second-order valence-electron chi connectivity index (χ2n) is 10.9. The molecule has 0 saturated heterocycles. The van der Waals surface area contributed by atoms with E-state index in [-0.39, 0.29) is 0 Å². The number of hydrogen-bond donors (Lipinski definition) is 1. The predicted molar refractivity (Wildman–Crippen MR) is 205 cm³/mol. The van der Waals surface area contributed by atoms with Crippen LogP contribution in [0.3, 0.4) is 0 Å². The van der Waals surface area contributed by atoms with E-state index in [1.165, 1.54) is 37.8 Å². The summed E-state index contributed by atoms with van der Waals surface area (Å²) in [4.78, 5) is 19.7. The van der Waals surface area contributed by atoms with Gasteiger partial charge >= 0.3 is 0 Å². The SMILES string of the molecule is c1ccc2[nH]ccc2c1.c1ccc2cnccc2c1.c1ccc2ncccc2c1.c1ccc2ncccc2c1.c1ccc2ncccc2c1. The van der Waals surface area contributed by atoms with Gasteiger partial charge in [0.2, 0.25) is 0 Å². The zero-order valence-electron chi connectivity index (χ0n) is 26.9. The van der Waals surface area contributed by atoms with Crippen molar-refractivity contribution < 1.29 is 0 Å². The number of nitrogens with zero attached hydrogens (tertiary/aromatic N) is 4. The summed E-state index contributed by atoms with van der Waals surface area (Å²) in [5, 5.41) is 7.32. The number of pyridine rings is 4. The molecule has 5 aromatic carbocycles. The minimum absolute atomic E-state index is 1.06. The quantitative estimate of drug-likeness (QED) is 0.180. The molecule has 0 atom stereocenters. The molecule has 10 aromatic rings. The lowest BCUT2D eigenvalue weighted by atomic mass is 10.2. The molecule has 5 heteroatoms. The maximum atomic E-state index is 4.18. The van der Waals surface area contributed by atoms with E-state index in [1.54, 1.807) is 0 Å². The van der Waals surface area contributed by atoms with Crippen LogP contribution in [0.15, 0.2) is 207 Å². The Morgan fingerprint density at radius 1 is 0.306 bits per heavy atom. The number of para-hydroxylation sites is 4. The highest BCUT2D eigenvalue weighted by atomic mass is 14.7. The minimum Gasteiger partial charge on any atom is -0.361 e. The van der Waals surface area contributed by atoms with E-state index >= 15 is 0 Å². The molecule has 0 amide bonds. The van der Waals surface area contributed by atoms with Crippen molar-refractivity contribution in [3.63, 3.8) is 0 Å². The van der Waals surface area contributed by atoms with Gasteiger partial charge in [-0.15, -0.1) is 0 Å². The largest absolute Gasteiger partial charge is 0.361 e. The number of aromatic amines is 1. The normalized spacial score (nSPS) is 10.0. The molecule has 0 bridgehead atoms. The molecule has 5 nitrogen and oxygen atoms in total. The summed E-state index contributed by atoms with van der Waals surface area (Å²) in [5.74, 6) is 0. The molecule has 49 heavy (non-hydrogen) atoms. The lowest BCUT2D eigenvalue weighted by Gasteiger charge is -1.91. The van der Waals surface area contributed by atoms with Crippen molar-refractivity contribution in [3.8, 4) is 0 Å². The Balaban J connectivity index is 0.000000106. The summed E-state index contributed by atoms with van der Waals surface area (Å²) in [6, 6.07) is 56.7. The van der Waals surface area contributed by atoms with Crippen LogP contribution in [0.4, 0.5) is 0 Å². The third kappa shape index (κ3) is 9.41. The van der Waals surface area contributed by atoms with E-state index in [9.17, 15) is 0 Å². The zero-order chi connectivity index (χ0) is 33.4. The summed E-state index contributed by atoms with van der Waals surface area (Å²) in [5.41, 5.74) is 4.39. The summed E-state index contributed by atoms with van der Waals surface area (Å²) in [7, 11) is 0. The number of fused-ring (bicyclic) bond motifs is 5. The maximum Gasteiger partial charge on any atom is 0.0701 e. The Morgan fingerprint density at radius 2 is 0.714 bits per heavy atom. The Morgan fingerprint density at radius 3 is 1.18 bits per heavy atom. The monoisotopic (exact) mass is 633 g/mol. The van der Waals surface area contributed by atoms with E-state index in [1.807, 2.05) is 140 Å². The van der Waals surface area contributed by atoms with Gasteiger partial charge in [0.15, 0.2) is 0 Å². The van der Waals surface area contributed by atoms with E-state index in [0.717, 1.165) is 16.6 Å². The fourth-order valence-corrected chi connectivity index (χ4v) is 5.07. The Labute approximate surface area is 285 Å². The van der Waals surface area contributed by atoms with Gasteiger partial charge in [-0.1, -0.05) is 115 Å². The number of benzene rings is 5. The highest BCUT2D eigenvalue weighted by Crippen LogP contribution is 2.12. The second kappa shape index (κ2) is 17.3. The first-order valence-corrected chi connectivity index (χ1v) is 16.0. The first-order valence-electron chi connectivity index (χ1n) is 16.0. The van der Waals surface area contributed by atoms with Crippen LogP contribution in [-0.4, -0.2) is 24.9 Å². The van der Waals surface area contributed by atoms with Crippen molar-refractivity contribution >= 4 is 54.4 Å². The molecule has 0 radical (unpaired) electrons. The van der Waals surface area contributed by atoms with E-state index in [4.69, 9.17) is 0 Å². The highest BCUT2D eigenvalue weighted by Gasteiger charge is 1.90. The molecule has 0 spiro atoms. The lowest BCUT2D eigenvalue weighted by Crippen LogP contribution is -1.73. The molecule has 10 rings (SSSR count). The Bertz CT molecular complexity index is 1910. The van der Waals surface area contributed by atoms with Gasteiger partial charge in [0.05, 0.1) is 16.6 Å². The third-order valence-corrected chi connectivity index (χ3v) is 7.55. The van der Waals surface area contributed by atoms with Crippen LogP contribution in [0.1, 0.15) is 0 Å². The van der Waals surface area contributed by atoms with Crippen LogP contribution >= 0.6 is 0 Å². The molecule has 236 valence electrons. The van der Waals surface area contributed by atoms with Crippen LogP contribution in [0, 0.1) is 0 Å². The van der Waals surface area contributed by atoms with E-state index in [0.29, 0.717) is 0 Å². The van der Waals surface area contributed by atoms with Gasteiger partial charge in [-0.05, 0) is 70.8 Å². The van der Waals surface area contributed by atoms with Crippen molar-refractivity contribution in [1.82, 2.24) is 24.9 Å². The molecular weight excluding hydrogens is 599 g/mol. The topological polar surface area (TPSA) is 67.3 Å². The fraction of sp³-hybridized carbons (Fsp3) is 0. The molecule has 0 aliphatic heterocycles. The molecule has 0 unspecified atom stereocenters. The van der Waals surface area contributed by atoms with Gasteiger partial charge in [-0.2, -0.15) is 0 Å². The number of rotatable bonds is 0. The van der Waals surface area contributed by atoms with Gasteiger partial charge in [-0.3, -0.25) is 19.9 Å². The van der Waals surface area contributed by atoms with Crippen LogP contribution < -0.4 is 0 Å². The first-order chi connectivity index (χ1) is 24.3. The highest BCUT2D eigenvalue weighted by molar-refractivity contribution is 5.81. The van der Waals surface area contributed by atoms with Crippen LogP contribution in [-0.2, 0) is 0 Å². The van der Waals surface area contributed by atoms with E-state index < -0.39 is 0 Å². The smallest absolute Gasteiger partial charge is 0.0701 e. The molecule has 0 saturated carbocycles. The molecule has 5 aromatic heterocycles. The van der Waals surface area contributed by atoms with Gasteiger partial charge in [0, 0.05) is 58.9 Å². The van der Waals surface area contributed by atoms with Crippen LogP contribution in [0.25, 0.3) is 54.4 Å². The van der Waals surface area contributed by atoms with Gasteiger partial charge in [0.1, 0.15) is 0 Å². The van der Waals surface area contributed by atoms with Crippen LogP contribution in [0.5, 0.6) is 0 Å².